The van der Waals surface area contributed by atoms with Crippen molar-refractivity contribution in [2.75, 3.05) is 13.2 Å². The van der Waals surface area contributed by atoms with Gasteiger partial charge in [-0.05, 0) is 64.2 Å². The van der Waals surface area contributed by atoms with Gasteiger partial charge < -0.3 is 14.2 Å². The Morgan fingerprint density at radius 2 is 0.738 bits per heavy atom. The van der Waals surface area contributed by atoms with E-state index < -0.39 is 6.10 Å². The van der Waals surface area contributed by atoms with Crippen LogP contribution in [0.4, 0.5) is 0 Å². The number of hydrogen-bond acceptors (Lipinski definition) is 6. The average molecular weight is 845 g/mol. The van der Waals surface area contributed by atoms with E-state index >= 15 is 0 Å². The minimum Gasteiger partial charge on any atom is -0.462 e. The van der Waals surface area contributed by atoms with E-state index in [-0.39, 0.29) is 37.5 Å². The highest BCUT2D eigenvalue weighted by Gasteiger charge is 2.19. The summed E-state index contributed by atoms with van der Waals surface area (Å²) >= 11 is 0. The second kappa shape index (κ2) is 48.7. The summed E-state index contributed by atoms with van der Waals surface area (Å²) in [6, 6.07) is 0. The van der Waals surface area contributed by atoms with Crippen LogP contribution in [0.3, 0.4) is 0 Å². The molecule has 0 bridgehead atoms. The van der Waals surface area contributed by atoms with Crippen molar-refractivity contribution in [2.24, 2.45) is 0 Å². The molecule has 0 spiro atoms. The molecule has 0 aromatic carbocycles. The lowest BCUT2D eigenvalue weighted by Gasteiger charge is -2.18. The van der Waals surface area contributed by atoms with Crippen LogP contribution < -0.4 is 0 Å². The van der Waals surface area contributed by atoms with Crippen molar-refractivity contribution < 1.29 is 28.6 Å². The number of unbranched alkanes of at least 4 members (excludes halogenated alkanes) is 18. The third-order valence-corrected chi connectivity index (χ3v) is 9.93. The van der Waals surface area contributed by atoms with Gasteiger partial charge in [0.05, 0.1) is 0 Å². The Morgan fingerprint density at radius 1 is 0.361 bits per heavy atom. The summed E-state index contributed by atoms with van der Waals surface area (Å²) in [7, 11) is 0. The van der Waals surface area contributed by atoms with Crippen LogP contribution in [-0.4, -0.2) is 37.2 Å². The van der Waals surface area contributed by atoms with E-state index in [9.17, 15) is 14.4 Å². The molecule has 0 aliphatic heterocycles. The Bertz CT molecular complexity index is 1290. The van der Waals surface area contributed by atoms with Crippen molar-refractivity contribution >= 4 is 17.9 Å². The Morgan fingerprint density at radius 3 is 1.25 bits per heavy atom. The van der Waals surface area contributed by atoms with Gasteiger partial charge in [0.1, 0.15) is 13.2 Å². The molecule has 0 heterocycles. The van der Waals surface area contributed by atoms with E-state index in [0.717, 1.165) is 77.0 Å². The van der Waals surface area contributed by atoms with Gasteiger partial charge in [0.2, 0.25) is 0 Å². The fourth-order valence-corrected chi connectivity index (χ4v) is 6.32. The summed E-state index contributed by atoms with van der Waals surface area (Å²) in [5.41, 5.74) is 0. The zero-order chi connectivity index (χ0) is 44.4. The molecule has 0 radical (unpaired) electrons. The average Bonchev–Trinajstić information content (AvgIpc) is 3.26. The molecule has 344 valence electrons. The highest BCUT2D eigenvalue weighted by Crippen LogP contribution is 2.15. The monoisotopic (exact) mass is 845 g/mol. The molecule has 0 aliphatic rings. The molecular formula is C55H88O6. The molecule has 1 unspecified atom stereocenters. The first kappa shape index (κ1) is 57.1. The van der Waals surface area contributed by atoms with E-state index in [0.29, 0.717) is 19.3 Å². The topological polar surface area (TPSA) is 78.9 Å². The number of allylic oxidation sites excluding steroid dienone is 18. The summed E-state index contributed by atoms with van der Waals surface area (Å²) in [6.07, 6.45) is 65.1. The van der Waals surface area contributed by atoms with Gasteiger partial charge >= 0.3 is 17.9 Å². The van der Waals surface area contributed by atoms with Crippen LogP contribution in [0.1, 0.15) is 201 Å². The maximum absolute atomic E-state index is 12.8. The van der Waals surface area contributed by atoms with E-state index in [2.05, 4.69) is 69.4 Å². The van der Waals surface area contributed by atoms with Gasteiger partial charge in [-0.25, -0.2) is 0 Å². The van der Waals surface area contributed by atoms with Gasteiger partial charge in [0.25, 0.3) is 0 Å². The third kappa shape index (κ3) is 47.0. The van der Waals surface area contributed by atoms with Crippen molar-refractivity contribution in [3.63, 3.8) is 0 Å². The molecule has 0 saturated carbocycles. The van der Waals surface area contributed by atoms with Crippen molar-refractivity contribution in [1.82, 2.24) is 0 Å². The SMILES string of the molecule is CC\C=C/C=C\C=C/C=C\C=C\C=C/CCCCCC(=O)OCC(COC(=O)CCC/C=C\C/C=C\C/C=C\CC)OC(=O)CCCCCCCCCCCCCCCCC. The standard InChI is InChI=1S/C55H88O6/c1-4-7-10-13-16-19-22-24-26-27-29-30-33-36-39-42-45-48-54(57)60-51-52(50-59-53(56)47-44-41-38-35-32-21-18-15-12-9-6-3)61-55(58)49-46-43-40-37-34-31-28-25-23-20-17-14-11-8-5-2/h7,9-10,12-13,16,18-19,21-22,24,26-27,29-30,33,35,38,52H,4-6,8,11,14-15,17,20,23,25,28,31-32,34,36-37,39-51H2,1-3H3/b10-7-,12-9-,16-13-,21-18-,22-19-,26-24-,29-27+,33-30-,38-35-. The highest BCUT2D eigenvalue weighted by molar-refractivity contribution is 5.71. The molecule has 1 atom stereocenters. The lowest BCUT2D eigenvalue weighted by atomic mass is 10.0. The van der Waals surface area contributed by atoms with Crippen LogP contribution in [0.5, 0.6) is 0 Å². The largest absolute Gasteiger partial charge is 0.462 e. The van der Waals surface area contributed by atoms with Crippen molar-refractivity contribution in [3.8, 4) is 0 Å². The Labute approximate surface area is 374 Å². The smallest absolute Gasteiger partial charge is 0.306 e. The number of esters is 3. The molecule has 0 aromatic heterocycles. The van der Waals surface area contributed by atoms with Crippen molar-refractivity contribution in [3.05, 3.63) is 109 Å². The second-order valence-corrected chi connectivity index (χ2v) is 15.8. The van der Waals surface area contributed by atoms with Crippen LogP contribution in [0.2, 0.25) is 0 Å². The zero-order valence-electron chi connectivity index (χ0n) is 39.1. The predicted octanol–water partition coefficient (Wildman–Crippen LogP) is 16.0. The molecule has 0 aliphatic carbocycles. The zero-order valence-corrected chi connectivity index (χ0v) is 39.1. The van der Waals surface area contributed by atoms with Crippen LogP contribution in [0.25, 0.3) is 0 Å². The van der Waals surface area contributed by atoms with Gasteiger partial charge in [-0.15, -0.1) is 0 Å². The first-order valence-electron chi connectivity index (χ1n) is 24.5. The molecule has 0 amide bonds. The molecule has 6 nitrogen and oxygen atoms in total. The van der Waals surface area contributed by atoms with Gasteiger partial charge in [-0.3, -0.25) is 14.4 Å². The Hall–Kier alpha value is -3.93. The third-order valence-electron chi connectivity index (χ3n) is 9.93. The van der Waals surface area contributed by atoms with Crippen LogP contribution in [0, 0.1) is 0 Å². The summed E-state index contributed by atoms with van der Waals surface area (Å²) in [5, 5.41) is 0. The highest BCUT2D eigenvalue weighted by atomic mass is 16.6. The normalized spacial score (nSPS) is 13.0. The van der Waals surface area contributed by atoms with E-state index in [1.165, 1.54) is 77.0 Å². The molecule has 61 heavy (non-hydrogen) atoms. The number of rotatable bonds is 42. The van der Waals surface area contributed by atoms with Gasteiger partial charge in [0, 0.05) is 19.3 Å². The van der Waals surface area contributed by atoms with Crippen LogP contribution >= 0.6 is 0 Å². The quantitative estimate of drug-likeness (QED) is 0.0200. The number of hydrogen-bond donors (Lipinski definition) is 0. The second-order valence-electron chi connectivity index (χ2n) is 15.8. The number of carbonyl (C=O) groups excluding carboxylic acids is 3. The van der Waals surface area contributed by atoms with E-state index in [1.807, 2.05) is 60.8 Å². The van der Waals surface area contributed by atoms with Gasteiger partial charge in [-0.1, -0.05) is 226 Å². The molecular weight excluding hydrogens is 757 g/mol. The fourth-order valence-electron chi connectivity index (χ4n) is 6.32. The molecule has 0 N–H and O–H groups in total. The van der Waals surface area contributed by atoms with E-state index in [1.54, 1.807) is 0 Å². The summed E-state index contributed by atoms with van der Waals surface area (Å²) < 4.78 is 16.7. The first-order chi connectivity index (χ1) is 30.0. The van der Waals surface area contributed by atoms with Gasteiger partial charge in [-0.2, -0.15) is 0 Å². The molecule has 0 aromatic rings. The fraction of sp³-hybridized carbons (Fsp3) is 0.618. The van der Waals surface area contributed by atoms with Crippen LogP contribution in [-0.2, 0) is 28.6 Å². The minimum atomic E-state index is -0.815. The first-order valence-corrected chi connectivity index (χ1v) is 24.5. The lowest BCUT2D eigenvalue weighted by Crippen LogP contribution is -2.30. The van der Waals surface area contributed by atoms with Gasteiger partial charge in [0.15, 0.2) is 6.10 Å². The summed E-state index contributed by atoms with van der Waals surface area (Å²) in [4.78, 5) is 37.8. The number of carbonyl (C=O) groups is 3. The maximum atomic E-state index is 12.8. The molecule has 0 saturated heterocycles. The molecule has 0 fully saturated rings. The minimum absolute atomic E-state index is 0.118. The Balaban J connectivity index is 4.52. The Kier molecular flexibility index (Phi) is 45.6. The maximum Gasteiger partial charge on any atom is 0.306 e. The van der Waals surface area contributed by atoms with Crippen LogP contribution in [0.15, 0.2) is 109 Å². The lowest BCUT2D eigenvalue weighted by molar-refractivity contribution is -0.167. The summed E-state index contributed by atoms with van der Waals surface area (Å²) in [6.45, 7) is 6.27. The molecule has 0 rings (SSSR count). The van der Waals surface area contributed by atoms with Crippen molar-refractivity contribution in [2.45, 2.75) is 207 Å². The number of ether oxygens (including phenoxy) is 3. The predicted molar refractivity (Wildman–Crippen MR) is 260 cm³/mol. The van der Waals surface area contributed by atoms with E-state index in [4.69, 9.17) is 14.2 Å². The molecule has 6 heteroatoms. The summed E-state index contributed by atoms with van der Waals surface area (Å²) in [5.74, 6) is -1.02. The van der Waals surface area contributed by atoms with Crippen molar-refractivity contribution in [1.29, 1.82) is 0 Å².